The van der Waals surface area contributed by atoms with Gasteiger partial charge in [-0.1, -0.05) is 0 Å². The number of carboxylic acids is 1. The number of nitrogens with one attached hydrogen (secondary N) is 1. The highest BCUT2D eigenvalue weighted by Gasteiger charge is 2.32. The molecule has 7 nitrogen and oxygen atoms in total. The van der Waals surface area contributed by atoms with Crippen LogP contribution in [-0.4, -0.2) is 30.9 Å². The standard InChI is InChI=1S/C14H16N2O5/c15-16-11-13-8(3-6-20-13)12(9-4-7-21-14(9)11)19-5-1-2-10(17)18/h15H,1-7H2,(H,17,18). The minimum Gasteiger partial charge on any atom is -0.493 e. The van der Waals surface area contributed by atoms with Gasteiger partial charge in [-0.05, 0) is 6.42 Å². The topological polar surface area (TPSA) is 101 Å². The molecule has 0 spiro atoms. The van der Waals surface area contributed by atoms with Crippen LogP contribution in [-0.2, 0) is 17.6 Å². The highest BCUT2D eigenvalue weighted by molar-refractivity contribution is 5.75. The van der Waals surface area contributed by atoms with Crippen LogP contribution in [0.3, 0.4) is 0 Å². The van der Waals surface area contributed by atoms with Gasteiger partial charge in [-0.25, -0.2) is 5.53 Å². The Balaban J connectivity index is 1.90. The molecule has 0 radical (unpaired) electrons. The molecular weight excluding hydrogens is 276 g/mol. The predicted octanol–water partition coefficient (Wildman–Crippen LogP) is 2.46. The van der Waals surface area contributed by atoms with E-state index in [2.05, 4.69) is 5.11 Å². The maximum atomic E-state index is 10.5. The molecule has 2 heterocycles. The highest BCUT2D eigenvalue weighted by Crippen LogP contribution is 2.53. The summed E-state index contributed by atoms with van der Waals surface area (Å²) in [6.45, 7) is 1.40. The molecule has 0 saturated heterocycles. The third kappa shape index (κ3) is 2.39. The average molecular weight is 292 g/mol. The zero-order chi connectivity index (χ0) is 14.8. The number of ether oxygens (including phenoxy) is 3. The lowest BCUT2D eigenvalue weighted by atomic mass is 10.0. The van der Waals surface area contributed by atoms with Crippen molar-refractivity contribution >= 4 is 11.7 Å². The van der Waals surface area contributed by atoms with E-state index < -0.39 is 5.97 Å². The minimum atomic E-state index is -0.830. The summed E-state index contributed by atoms with van der Waals surface area (Å²) in [6, 6.07) is 0. The van der Waals surface area contributed by atoms with Crippen LogP contribution in [0.25, 0.3) is 0 Å². The number of rotatable bonds is 6. The Kier molecular flexibility index (Phi) is 3.64. The Morgan fingerprint density at radius 2 is 1.86 bits per heavy atom. The fourth-order valence-corrected chi connectivity index (χ4v) is 2.73. The molecule has 3 rings (SSSR count). The molecule has 1 aromatic rings. The summed E-state index contributed by atoms with van der Waals surface area (Å²) in [5.74, 6) is 1.04. The van der Waals surface area contributed by atoms with Gasteiger partial charge in [0.2, 0.25) is 0 Å². The third-order valence-electron chi connectivity index (χ3n) is 3.62. The number of carbonyl (C=O) groups is 1. The lowest BCUT2D eigenvalue weighted by Gasteiger charge is -2.15. The first-order chi connectivity index (χ1) is 10.2. The number of nitrogens with zero attached hydrogens (tertiary/aromatic N) is 1. The number of carboxylic acid groups (broad SMARTS) is 1. The zero-order valence-corrected chi connectivity index (χ0v) is 11.5. The molecule has 2 aliphatic rings. The van der Waals surface area contributed by atoms with E-state index in [1.54, 1.807) is 0 Å². The second-order valence-corrected chi connectivity index (χ2v) is 4.95. The van der Waals surface area contributed by atoms with Crippen molar-refractivity contribution in [1.29, 1.82) is 5.53 Å². The second-order valence-electron chi connectivity index (χ2n) is 4.95. The van der Waals surface area contributed by atoms with Crippen molar-refractivity contribution in [3.63, 3.8) is 0 Å². The molecule has 0 atom stereocenters. The van der Waals surface area contributed by atoms with Crippen LogP contribution in [0.15, 0.2) is 5.11 Å². The summed E-state index contributed by atoms with van der Waals surface area (Å²) in [4.78, 5) is 10.5. The number of fused-ring (bicyclic) bond motifs is 2. The molecule has 1 aromatic carbocycles. The van der Waals surface area contributed by atoms with Crippen molar-refractivity contribution in [2.45, 2.75) is 25.7 Å². The molecule has 112 valence electrons. The maximum absolute atomic E-state index is 10.5. The molecular formula is C14H16N2O5. The quantitative estimate of drug-likeness (QED) is 0.619. The van der Waals surface area contributed by atoms with E-state index in [4.69, 9.17) is 24.8 Å². The summed E-state index contributed by atoms with van der Waals surface area (Å²) in [6.07, 6.45) is 1.95. The Labute approximate surface area is 121 Å². The summed E-state index contributed by atoms with van der Waals surface area (Å²) < 4.78 is 16.9. The lowest BCUT2D eigenvalue weighted by Crippen LogP contribution is -2.05. The van der Waals surface area contributed by atoms with Crippen LogP contribution in [0.4, 0.5) is 5.69 Å². The first-order valence-electron chi connectivity index (χ1n) is 6.91. The van der Waals surface area contributed by atoms with Gasteiger partial charge < -0.3 is 19.3 Å². The fourth-order valence-electron chi connectivity index (χ4n) is 2.73. The van der Waals surface area contributed by atoms with E-state index in [0.717, 1.165) is 16.9 Å². The van der Waals surface area contributed by atoms with E-state index in [9.17, 15) is 4.79 Å². The van der Waals surface area contributed by atoms with Crippen LogP contribution >= 0.6 is 0 Å². The van der Waals surface area contributed by atoms with Gasteiger partial charge >= 0.3 is 5.97 Å². The number of hydrogen-bond donors (Lipinski definition) is 2. The first-order valence-corrected chi connectivity index (χ1v) is 6.91. The third-order valence-corrected chi connectivity index (χ3v) is 3.62. The van der Waals surface area contributed by atoms with E-state index in [1.165, 1.54) is 0 Å². The Morgan fingerprint density at radius 1 is 1.24 bits per heavy atom. The van der Waals surface area contributed by atoms with Gasteiger partial charge in [0, 0.05) is 30.4 Å². The molecule has 7 heteroatoms. The van der Waals surface area contributed by atoms with Crippen molar-refractivity contribution in [3.05, 3.63) is 11.1 Å². The van der Waals surface area contributed by atoms with Gasteiger partial charge in [0.25, 0.3) is 0 Å². The molecule has 0 fully saturated rings. The monoisotopic (exact) mass is 292 g/mol. The van der Waals surface area contributed by atoms with Gasteiger partial charge in [0.15, 0.2) is 17.2 Å². The van der Waals surface area contributed by atoms with Crippen molar-refractivity contribution in [3.8, 4) is 17.2 Å². The molecule has 0 amide bonds. The minimum absolute atomic E-state index is 0.0809. The molecule has 0 aliphatic carbocycles. The first kappa shape index (κ1) is 13.7. The second kappa shape index (κ2) is 5.59. The average Bonchev–Trinajstić information content (AvgIpc) is 3.10. The zero-order valence-electron chi connectivity index (χ0n) is 11.5. The smallest absolute Gasteiger partial charge is 0.303 e. The Morgan fingerprint density at radius 3 is 2.38 bits per heavy atom. The van der Waals surface area contributed by atoms with Crippen LogP contribution in [0.5, 0.6) is 17.2 Å². The summed E-state index contributed by atoms with van der Waals surface area (Å²) in [5, 5.41) is 12.2. The maximum Gasteiger partial charge on any atom is 0.303 e. The molecule has 2 aliphatic heterocycles. The molecule has 0 saturated carbocycles. The summed E-state index contributed by atoms with van der Waals surface area (Å²) >= 11 is 0. The Bertz CT molecular complexity index is 565. The highest BCUT2D eigenvalue weighted by atomic mass is 16.5. The van der Waals surface area contributed by atoms with Crippen molar-refractivity contribution in [1.82, 2.24) is 0 Å². The van der Waals surface area contributed by atoms with Crippen LogP contribution < -0.4 is 14.2 Å². The van der Waals surface area contributed by atoms with Gasteiger partial charge in [-0.3, -0.25) is 4.79 Å². The predicted molar refractivity (Wildman–Crippen MR) is 72.0 cm³/mol. The SMILES string of the molecule is N=Nc1c2c(c(OCCCC(=O)O)c3c1OCC3)CCO2. The van der Waals surface area contributed by atoms with Crippen molar-refractivity contribution in [2.24, 2.45) is 5.11 Å². The molecule has 0 aromatic heterocycles. The number of hydrogen-bond acceptors (Lipinski definition) is 6. The van der Waals surface area contributed by atoms with Gasteiger partial charge in [-0.15, -0.1) is 0 Å². The van der Waals surface area contributed by atoms with E-state index in [1.807, 2.05) is 0 Å². The van der Waals surface area contributed by atoms with E-state index >= 15 is 0 Å². The van der Waals surface area contributed by atoms with Gasteiger partial charge in [-0.2, -0.15) is 5.11 Å². The largest absolute Gasteiger partial charge is 0.493 e. The summed E-state index contributed by atoms with van der Waals surface area (Å²) in [5.41, 5.74) is 9.60. The molecule has 0 unspecified atom stereocenters. The van der Waals surface area contributed by atoms with Crippen molar-refractivity contribution in [2.75, 3.05) is 19.8 Å². The van der Waals surface area contributed by atoms with E-state index in [-0.39, 0.29) is 6.42 Å². The molecule has 21 heavy (non-hydrogen) atoms. The summed E-state index contributed by atoms with van der Waals surface area (Å²) in [7, 11) is 0. The number of benzene rings is 1. The number of aliphatic carboxylic acids is 1. The molecule has 2 N–H and O–H groups in total. The molecule has 0 bridgehead atoms. The van der Waals surface area contributed by atoms with Crippen molar-refractivity contribution < 1.29 is 24.1 Å². The van der Waals surface area contributed by atoms with Gasteiger partial charge in [0.05, 0.1) is 19.8 Å². The van der Waals surface area contributed by atoms with Crippen LogP contribution in [0.2, 0.25) is 0 Å². The normalized spacial score (nSPS) is 14.9. The van der Waals surface area contributed by atoms with E-state index in [0.29, 0.717) is 56.3 Å². The van der Waals surface area contributed by atoms with Crippen LogP contribution in [0.1, 0.15) is 24.0 Å². The lowest BCUT2D eigenvalue weighted by molar-refractivity contribution is -0.137. The fraction of sp³-hybridized carbons (Fsp3) is 0.500. The van der Waals surface area contributed by atoms with Gasteiger partial charge in [0.1, 0.15) is 5.75 Å². The Hall–Kier alpha value is -2.31. The van der Waals surface area contributed by atoms with Crippen LogP contribution in [0, 0.1) is 5.53 Å².